The van der Waals surface area contributed by atoms with Gasteiger partial charge in [0.05, 0.1) is 0 Å². The third-order valence-corrected chi connectivity index (χ3v) is 4.22. The minimum absolute atomic E-state index is 0.258. The van der Waals surface area contributed by atoms with Gasteiger partial charge in [0, 0.05) is 58.5 Å². The van der Waals surface area contributed by atoms with Gasteiger partial charge in [0.25, 0.3) is 0 Å². The van der Waals surface area contributed by atoms with Crippen LogP contribution in [-0.4, -0.2) is 63.8 Å². The van der Waals surface area contributed by atoms with Crippen LogP contribution in [0.4, 0.5) is 5.69 Å². The summed E-state index contributed by atoms with van der Waals surface area (Å²) < 4.78 is 5.00. The van der Waals surface area contributed by atoms with Crippen molar-refractivity contribution < 1.29 is 9.53 Å². The first kappa shape index (κ1) is 17.8. The molecule has 0 aromatic heterocycles. The number of ether oxygens (including phenoxy) is 1. The van der Waals surface area contributed by atoms with E-state index in [4.69, 9.17) is 4.74 Å². The largest absolute Gasteiger partial charge is 0.385 e. The van der Waals surface area contributed by atoms with Gasteiger partial charge >= 0.3 is 0 Å². The maximum atomic E-state index is 12.2. The van der Waals surface area contributed by atoms with Crippen molar-refractivity contribution in [2.24, 2.45) is 0 Å². The lowest BCUT2D eigenvalue weighted by Gasteiger charge is -2.36. The SMILES string of the molecule is COCCCNCCC(=O)N1CCN(c2cccc(C)c2)CC1. The van der Waals surface area contributed by atoms with Gasteiger partial charge < -0.3 is 19.9 Å². The first-order valence-electron chi connectivity index (χ1n) is 8.50. The highest BCUT2D eigenvalue weighted by Gasteiger charge is 2.20. The van der Waals surface area contributed by atoms with E-state index in [-0.39, 0.29) is 5.91 Å². The van der Waals surface area contributed by atoms with Crippen LogP contribution in [0.2, 0.25) is 0 Å². The number of benzene rings is 1. The third-order valence-electron chi connectivity index (χ3n) is 4.22. The molecule has 1 aliphatic heterocycles. The number of carbonyl (C=O) groups excluding carboxylic acids is 1. The summed E-state index contributed by atoms with van der Waals surface area (Å²) in [6, 6.07) is 8.57. The molecule has 1 fully saturated rings. The van der Waals surface area contributed by atoms with E-state index in [1.54, 1.807) is 7.11 Å². The van der Waals surface area contributed by atoms with Gasteiger partial charge in [-0.2, -0.15) is 0 Å². The smallest absolute Gasteiger partial charge is 0.223 e. The number of carbonyl (C=O) groups is 1. The van der Waals surface area contributed by atoms with Crippen molar-refractivity contribution in [1.82, 2.24) is 10.2 Å². The number of nitrogens with zero attached hydrogens (tertiary/aromatic N) is 2. The molecule has 1 heterocycles. The van der Waals surface area contributed by atoms with Crippen LogP contribution < -0.4 is 10.2 Å². The van der Waals surface area contributed by atoms with E-state index in [2.05, 4.69) is 41.4 Å². The predicted octanol–water partition coefficient (Wildman–Crippen LogP) is 1.66. The molecule has 2 rings (SSSR count). The minimum atomic E-state index is 0.258. The van der Waals surface area contributed by atoms with Crippen LogP contribution in [0.1, 0.15) is 18.4 Å². The summed E-state index contributed by atoms with van der Waals surface area (Å²) in [6.45, 7) is 7.99. The van der Waals surface area contributed by atoms with Crippen molar-refractivity contribution in [3.63, 3.8) is 0 Å². The molecule has 1 aliphatic rings. The Morgan fingerprint density at radius 3 is 2.70 bits per heavy atom. The molecule has 0 radical (unpaired) electrons. The molecule has 5 nitrogen and oxygen atoms in total. The number of hydrogen-bond donors (Lipinski definition) is 1. The number of aryl methyl sites for hydroxylation is 1. The lowest BCUT2D eigenvalue weighted by atomic mass is 10.2. The van der Waals surface area contributed by atoms with Crippen LogP contribution in [0.25, 0.3) is 0 Å². The lowest BCUT2D eigenvalue weighted by Crippen LogP contribution is -2.49. The summed E-state index contributed by atoms with van der Waals surface area (Å²) in [6.07, 6.45) is 1.57. The van der Waals surface area contributed by atoms with Gasteiger partial charge in [-0.25, -0.2) is 0 Å². The van der Waals surface area contributed by atoms with E-state index >= 15 is 0 Å². The fraction of sp³-hybridized carbons (Fsp3) is 0.611. The van der Waals surface area contributed by atoms with Crippen molar-refractivity contribution in [1.29, 1.82) is 0 Å². The number of piperazine rings is 1. The first-order chi connectivity index (χ1) is 11.2. The number of nitrogens with one attached hydrogen (secondary N) is 1. The van der Waals surface area contributed by atoms with Gasteiger partial charge in [-0.1, -0.05) is 12.1 Å². The fourth-order valence-electron chi connectivity index (χ4n) is 2.86. The summed E-state index contributed by atoms with van der Waals surface area (Å²) in [5, 5.41) is 3.29. The molecule has 5 heteroatoms. The van der Waals surface area contributed by atoms with Crippen LogP contribution >= 0.6 is 0 Å². The van der Waals surface area contributed by atoms with Gasteiger partial charge in [0.1, 0.15) is 0 Å². The van der Waals surface area contributed by atoms with Gasteiger partial charge in [-0.15, -0.1) is 0 Å². The molecular formula is C18H29N3O2. The standard InChI is InChI=1S/C18H29N3O2/c1-16-5-3-6-17(15-16)20-10-12-21(13-11-20)18(22)7-9-19-8-4-14-23-2/h3,5-6,15,19H,4,7-14H2,1-2H3. The maximum Gasteiger partial charge on any atom is 0.223 e. The van der Waals surface area contributed by atoms with Gasteiger partial charge in [0.15, 0.2) is 0 Å². The van der Waals surface area contributed by atoms with Crippen LogP contribution in [-0.2, 0) is 9.53 Å². The Balaban J connectivity index is 1.66. The number of rotatable bonds is 8. The second kappa shape index (κ2) is 9.53. The monoisotopic (exact) mass is 319 g/mol. The number of methoxy groups -OCH3 is 1. The second-order valence-corrected chi connectivity index (χ2v) is 6.05. The molecule has 0 unspecified atom stereocenters. The van der Waals surface area contributed by atoms with Gasteiger partial charge in [0.2, 0.25) is 5.91 Å². The van der Waals surface area contributed by atoms with Crippen LogP contribution in [0.3, 0.4) is 0 Å². The van der Waals surface area contributed by atoms with Crippen molar-refractivity contribution in [3.05, 3.63) is 29.8 Å². The number of hydrogen-bond acceptors (Lipinski definition) is 4. The zero-order chi connectivity index (χ0) is 16.5. The quantitative estimate of drug-likeness (QED) is 0.740. The second-order valence-electron chi connectivity index (χ2n) is 6.05. The summed E-state index contributed by atoms with van der Waals surface area (Å²) in [5.41, 5.74) is 2.54. The Hall–Kier alpha value is -1.59. The highest BCUT2D eigenvalue weighted by Crippen LogP contribution is 2.17. The van der Waals surface area contributed by atoms with Crippen molar-refractivity contribution in [3.8, 4) is 0 Å². The summed E-state index contributed by atoms with van der Waals surface area (Å²) in [7, 11) is 1.71. The normalized spacial score (nSPS) is 15.0. The van der Waals surface area contributed by atoms with E-state index in [1.807, 2.05) is 4.90 Å². The topological polar surface area (TPSA) is 44.8 Å². The molecule has 1 N–H and O–H groups in total. The summed E-state index contributed by atoms with van der Waals surface area (Å²) in [5.74, 6) is 0.258. The number of amides is 1. The molecule has 0 bridgehead atoms. The van der Waals surface area contributed by atoms with E-state index in [1.165, 1.54) is 11.3 Å². The average Bonchev–Trinajstić information content (AvgIpc) is 2.58. The molecule has 0 spiro atoms. The molecule has 128 valence electrons. The first-order valence-corrected chi connectivity index (χ1v) is 8.50. The summed E-state index contributed by atoms with van der Waals surface area (Å²) >= 11 is 0. The van der Waals surface area contributed by atoms with E-state index in [9.17, 15) is 4.79 Å². The Kier molecular flexibility index (Phi) is 7.36. The average molecular weight is 319 g/mol. The van der Waals surface area contributed by atoms with Crippen molar-refractivity contribution >= 4 is 11.6 Å². The molecule has 0 saturated carbocycles. The Bertz CT molecular complexity index is 485. The van der Waals surface area contributed by atoms with Crippen molar-refractivity contribution in [2.45, 2.75) is 19.8 Å². The molecule has 1 aromatic carbocycles. The fourth-order valence-corrected chi connectivity index (χ4v) is 2.86. The van der Waals surface area contributed by atoms with E-state index in [0.717, 1.165) is 52.3 Å². The molecule has 0 aliphatic carbocycles. The van der Waals surface area contributed by atoms with E-state index in [0.29, 0.717) is 6.42 Å². The van der Waals surface area contributed by atoms with Crippen LogP contribution in [0, 0.1) is 6.92 Å². The molecule has 1 aromatic rings. The molecule has 23 heavy (non-hydrogen) atoms. The molecule has 1 amide bonds. The number of anilines is 1. The van der Waals surface area contributed by atoms with Crippen molar-refractivity contribution in [2.75, 3.05) is 57.9 Å². The van der Waals surface area contributed by atoms with Crippen LogP contribution in [0.5, 0.6) is 0 Å². The zero-order valence-electron chi connectivity index (χ0n) is 14.4. The predicted molar refractivity (Wildman–Crippen MR) is 94.0 cm³/mol. The molecule has 1 saturated heterocycles. The van der Waals surface area contributed by atoms with Gasteiger partial charge in [-0.3, -0.25) is 4.79 Å². The highest BCUT2D eigenvalue weighted by atomic mass is 16.5. The Morgan fingerprint density at radius 2 is 2.00 bits per heavy atom. The Morgan fingerprint density at radius 1 is 1.22 bits per heavy atom. The third kappa shape index (κ3) is 5.84. The minimum Gasteiger partial charge on any atom is -0.385 e. The molecule has 0 atom stereocenters. The Labute approximate surface area is 139 Å². The van der Waals surface area contributed by atoms with E-state index < -0.39 is 0 Å². The van der Waals surface area contributed by atoms with Gasteiger partial charge in [-0.05, 0) is 37.6 Å². The summed E-state index contributed by atoms with van der Waals surface area (Å²) in [4.78, 5) is 16.6. The zero-order valence-corrected chi connectivity index (χ0v) is 14.4. The molecular weight excluding hydrogens is 290 g/mol. The maximum absolute atomic E-state index is 12.2. The van der Waals surface area contributed by atoms with Crippen LogP contribution in [0.15, 0.2) is 24.3 Å². The lowest BCUT2D eigenvalue weighted by molar-refractivity contribution is -0.131. The highest BCUT2D eigenvalue weighted by molar-refractivity contribution is 5.76.